The lowest BCUT2D eigenvalue weighted by Crippen LogP contribution is -1.96. The van der Waals surface area contributed by atoms with Crippen molar-refractivity contribution in [2.45, 2.75) is 0 Å². The first-order chi connectivity index (χ1) is 6.65. The van der Waals surface area contributed by atoms with Crippen LogP contribution in [-0.4, -0.2) is 6.61 Å². The Balaban J connectivity index is 2.85. The highest BCUT2D eigenvalue weighted by Crippen LogP contribution is 2.34. The maximum Gasteiger partial charge on any atom is 0.157 e. The average molecular weight is 297 g/mol. The zero-order valence-corrected chi connectivity index (χ0v) is 10.2. The average Bonchev–Trinajstić information content (AvgIpc) is 2.09. The van der Waals surface area contributed by atoms with Crippen LogP contribution in [0, 0.1) is 0 Å². The quantitative estimate of drug-likeness (QED) is 0.860. The predicted octanol–water partition coefficient (Wildman–Crippen LogP) is 3.86. The summed E-state index contributed by atoms with van der Waals surface area (Å²) < 4.78 is 5.33. The van der Waals surface area contributed by atoms with Crippen molar-refractivity contribution in [2.24, 2.45) is 0 Å². The molecule has 0 aromatic heterocycles. The molecule has 76 valence electrons. The van der Waals surface area contributed by atoms with Crippen LogP contribution in [-0.2, 0) is 0 Å². The largest absolute Gasteiger partial charge is 0.486 e. The van der Waals surface area contributed by atoms with E-state index in [9.17, 15) is 0 Å². The Morgan fingerprint density at radius 2 is 1.93 bits per heavy atom. The lowest BCUT2D eigenvalue weighted by Gasteiger charge is -2.08. The summed E-state index contributed by atoms with van der Waals surface area (Å²) in [4.78, 5) is 1.70. The number of ether oxygens (including phenoxy) is 1. The van der Waals surface area contributed by atoms with Crippen LogP contribution in [0.3, 0.4) is 0 Å². The van der Waals surface area contributed by atoms with Gasteiger partial charge in [0.1, 0.15) is 6.61 Å². The Morgan fingerprint density at radius 3 is 2.43 bits per heavy atom. The molecule has 2 nitrogen and oxygen atoms in total. The number of anilines is 1. The maximum atomic E-state index is 5.89. The Hall–Kier alpha value is -0.380. The van der Waals surface area contributed by atoms with Gasteiger partial charge in [-0.2, -0.15) is 0 Å². The van der Waals surface area contributed by atoms with Gasteiger partial charge in [-0.05, 0) is 23.2 Å². The predicted molar refractivity (Wildman–Crippen MR) is 64.4 cm³/mol. The molecule has 0 aliphatic heterocycles. The number of benzene rings is 1. The van der Waals surface area contributed by atoms with Gasteiger partial charge < -0.3 is 10.5 Å². The van der Waals surface area contributed by atoms with Gasteiger partial charge in [-0.1, -0.05) is 39.1 Å². The third kappa shape index (κ3) is 3.08. The molecule has 2 N–H and O–H groups in total. The molecule has 0 unspecified atom stereocenters. The number of nitrogens with two attached hydrogens (primary N) is 1. The highest BCUT2D eigenvalue weighted by atomic mass is 79.9. The van der Waals surface area contributed by atoms with Crippen molar-refractivity contribution >= 4 is 44.8 Å². The zero-order valence-electron chi connectivity index (χ0n) is 7.14. The summed E-state index contributed by atoms with van der Waals surface area (Å²) in [7, 11) is 0. The molecule has 0 bridgehead atoms. The first-order valence-corrected chi connectivity index (χ1v) is 5.45. The summed E-state index contributed by atoms with van der Waals surface area (Å²) >= 11 is 14.9. The van der Waals surface area contributed by atoms with E-state index in [-0.39, 0.29) is 0 Å². The van der Waals surface area contributed by atoms with Crippen LogP contribution in [0.4, 0.5) is 5.69 Å². The van der Waals surface area contributed by atoms with Gasteiger partial charge >= 0.3 is 0 Å². The summed E-state index contributed by atoms with van der Waals surface area (Å²) in [5, 5.41) is 0.830. The van der Waals surface area contributed by atoms with Crippen molar-refractivity contribution in [3.05, 3.63) is 33.2 Å². The van der Waals surface area contributed by atoms with Crippen molar-refractivity contribution in [3.63, 3.8) is 0 Å². The first-order valence-electron chi connectivity index (χ1n) is 3.77. The topological polar surface area (TPSA) is 35.2 Å². The SMILES string of the molecule is Nc1cc(Cl)c(OCC=CBr)c(Cl)c1. The fourth-order valence-electron chi connectivity index (χ4n) is 0.885. The van der Waals surface area contributed by atoms with Crippen LogP contribution in [0.15, 0.2) is 23.2 Å². The molecular formula is C9H8BrCl2NO. The van der Waals surface area contributed by atoms with Crippen LogP contribution in [0.2, 0.25) is 10.0 Å². The maximum absolute atomic E-state index is 5.89. The Bertz CT molecular complexity index is 332. The van der Waals surface area contributed by atoms with Crippen LogP contribution in [0.5, 0.6) is 5.75 Å². The van der Waals surface area contributed by atoms with Gasteiger partial charge in [0.15, 0.2) is 5.75 Å². The minimum Gasteiger partial charge on any atom is -0.486 e. The number of hydrogen-bond acceptors (Lipinski definition) is 2. The van der Waals surface area contributed by atoms with E-state index >= 15 is 0 Å². The van der Waals surface area contributed by atoms with Crippen molar-refractivity contribution in [2.75, 3.05) is 12.3 Å². The van der Waals surface area contributed by atoms with E-state index in [1.165, 1.54) is 0 Å². The van der Waals surface area contributed by atoms with Gasteiger partial charge in [-0.3, -0.25) is 0 Å². The number of halogens is 3. The summed E-state index contributed by atoms with van der Waals surface area (Å²) in [6.45, 7) is 0.397. The van der Waals surface area contributed by atoms with Gasteiger partial charge in [-0.15, -0.1) is 0 Å². The van der Waals surface area contributed by atoms with Crippen LogP contribution in [0.25, 0.3) is 0 Å². The summed E-state index contributed by atoms with van der Waals surface area (Å²) in [6.07, 6.45) is 1.78. The summed E-state index contributed by atoms with van der Waals surface area (Å²) in [6, 6.07) is 3.20. The molecule has 0 spiro atoms. The number of rotatable bonds is 3. The van der Waals surface area contributed by atoms with E-state index in [2.05, 4.69) is 15.9 Å². The van der Waals surface area contributed by atoms with E-state index in [1.54, 1.807) is 23.2 Å². The van der Waals surface area contributed by atoms with E-state index in [4.69, 9.17) is 33.7 Å². The van der Waals surface area contributed by atoms with E-state index in [1.807, 2.05) is 0 Å². The molecule has 1 aromatic rings. The molecule has 0 atom stereocenters. The molecular weight excluding hydrogens is 289 g/mol. The summed E-state index contributed by atoms with van der Waals surface area (Å²) in [5.41, 5.74) is 6.05. The second-order valence-electron chi connectivity index (χ2n) is 2.49. The van der Waals surface area contributed by atoms with E-state index < -0.39 is 0 Å². The highest BCUT2D eigenvalue weighted by molar-refractivity contribution is 9.11. The monoisotopic (exact) mass is 295 g/mol. The highest BCUT2D eigenvalue weighted by Gasteiger charge is 2.07. The molecule has 5 heteroatoms. The Morgan fingerprint density at radius 1 is 1.36 bits per heavy atom. The summed E-state index contributed by atoms with van der Waals surface area (Å²) in [5.74, 6) is 0.452. The van der Waals surface area contributed by atoms with Gasteiger partial charge in [0.25, 0.3) is 0 Å². The van der Waals surface area contributed by atoms with Crippen molar-refractivity contribution in [1.29, 1.82) is 0 Å². The number of hydrogen-bond donors (Lipinski definition) is 1. The third-order valence-electron chi connectivity index (χ3n) is 1.43. The van der Waals surface area contributed by atoms with Gasteiger partial charge in [-0.25, -0.2) is 0 Å². The Labute approximate surface area is 101 Å². The van der Waals surface area contributed by atoms with Gasteiger partial charge in [0.2, 0.25) is 0 Å². The third-order valence-corrected chi connectivity index (χ3v) is 2.37. The molecule has 1 aromatic carbocycles. The molecule has 0 heterocycles. The Kier molecular flexibility index (Phi) is 4.58. The molecule has 0 aliphatic carbocycles. The minimum absolute atomic E-state index is 0.397. The first kappa shape index (κ1) is 11.7. The molecule has 1 rings (SSSR count). The number of nitrogen functional groups attached to an aromatic ring is 1. The van der Waals surface area contributed by atoms with Gasteiger partial charge in [0, 0.05) is 5.69 Å². The van der Waals surface area contributed by atoms with Crippen LogP contribution < -0.4 is 10.5 Å². The fourth-order valence-corrected chi connectivity index (χ4v) is 1.65. The standard InChI is InChI=1S/C9H8BrCl2NO/c10-2-1-3-14-9-7(11)4-6(13)5-8(9)12/h1-2,4-5H,3,13H2. The van der Waals surface area contributed by atoms with E-state index in [0.717, 1.165) is 0 Å². The second-order valence-corrected chi connectivity index (χ2v) is 3.83. The van der Waals surface area contributed by atoms with Crippen molar-refractivity contribution in [1.82, 2.24) is 0 Å². The molecule has 0 saturated carbocycles. The van der Waals surface area contributed by atoms with Crippen LogP contribution in [0.1, 0.15) is 0 Å². The van der Waals surface area contributed by atoms with Gasteiger partial charge in [0.05, 0.1) is 10.0 Å². The van der Waals surface area contributed by atoms with Crippen molar-refractivity contribution in [3.8, 4) is 5.75 Å². The molecule has 0 saturated heterocycles. The van der Waals surface area contributed by atoms with E-state index in [0.29, 0.717) is 28.1 Å². The normalized spacial score (nSPS) is 10.8. The molecule has 0 fully saturated rings. The fraction of sp³-hybridized carbons (Fsp3) is 0.111. The molecule has 0 aliphatic rings. The van der Waals surface area contributed by atoms with Crippen LogP contribution >= 0.6 is 39.1 Å². The zero-order chi connectivity index (χ0) is 10.6. The molecule has 0 radical (unpaired) electrons. The minimum atomic E-state index is 0.397. The smallest absolute Gasteiger partial charge is 0.157 e. The molecule has 0 amide bonds. The molecule has 14 heavy (non-hydrogen) atoms. The second kappa shape index (κ2) is 5.49. The van der Waals surface area contributed by atoms with Crippen molar-refractivity contribution < 1.29 is 4.74 Å². The lowest BCUT2D eigenvalue weighted by atomic mass is 10.3. The lowest BCUT2D eigenvalue weighted by molar-refractivity contribution is 0.363.